The molecular weight excluding hydrogens is 304 g/mol. The van der Waals surface area contributed by atoms with E-state index in [-0.39, 0.29) is 16.8 Å². The van der Waals surface area contributed by atoms with Crippen LogP contribution < -0.4 is 10.0 Å². The molecule has 0 unspecified atom stereocenters. The SMILES string of the molecule is COC[C@H](C)NC(=O)c1ccc(S(=O)(=O)NC(C)(C)C)cc1. The molecule has 1 amide bonds. The molecule has 0 saturated heterocycles. The summed E-state index contributed by atoms with van der Waals surface area (Å²) in [6, 6.07) is 5.70. The molecule has 0 radical (unpaired) electrons. The Morgan fingerprint density at radius 3 is 2.23 bits per heavy atom. The molecule has 1 atom stereocenters. The predicted molar refractivity (Wildman–Crippen MR) is 85.3 cm³/mol. The summed E-state index contributed by atoms with van der Waals surface area (Å²) in [5.74, 6) is -0.266. The van der Waals surface area contributed by atoms with E-state index in [9.17, 15) is 13.2 Å². The summed E-state index contributed by atoms with van der Waals surface area (Å²) in [5.41, 5.74) is -0.164. The molecule has 0 heterocycles. The molecule has 22 heavy (non-hydrogen) atoms. The maximum absolute atomic E-state index is 12.2. The van der Waals surface area contributed by atoms with Crippen molar-refractivity contribution in [3.8, 4) is 0 Å². The third kappa shape index (κ3) is 5.75. The topological polar surface area (TPSA) is 84.5 Å². The molecule has 0 aliphatic heterocycles. The van der Waals surface area contributed by atoms with Gasteiger partial charge in [-0.2, -0.15) is 0 Å². The Bertz CT molecular complexity index is 603. The number of amides is 1. The average Bonchev–Trinajstić information content (AvgIpc) is 2.36. The Morgan fingerprint density at radius 1 is 1.23 bits per heavy atom. The van der Waals surface area contributed by atoms with Gasteiger partial charge in [0.2, 0.25) is 10.0 Å². The van der Waals surface area contributed by atoms with Gasteiger partial charge >= 0.3 is 0 Å². The van der Waals surface area contributed by atoms with Crippen molar-refractivity contribution in [1.29, 1.82) is 0 Å². The number of benzene rings is 1. The van der Waals surface area contributed by atoms with Crippen LogP contribution in [0.2, 0.25) is 0 Å². The summed E-state index contributed by atoms with van der Waals surface area (Å²) in [4.78, 5) is 12.1. The molecule has 1 rings (SSSR count). The lowest BCUT2D eigenvalue weighted by molar-refractivity contribution is 0.0905. The first-order valence-electron chi connectivity index (χ1n) is 6.99. The number of hydrogen-bond donors (Lipinski definition) is 2. The Hall–Kier alpha value is -1.44. The number of hydrogen-bond acceptors (Lipinski definition) is 4. The molecule has 0 saturated carbocycles. The van der Waals surface area contributed by atoms with Crippen LogP contribution in [0.4, 0.5) is 0 Å². The fourth-order valence-electron chi connectivity index (χ4n) is 1.85. The maximum Gasteiger partial charge on any atom is 0.251 e. The van der Waals surface area contributed by atoms with Crippen molar-refractivity contribution in [3.05, 3.63) is 29.8 Å². The molecule has 0 aromatic heterocycles. The highest BCUT2D eigenvalue weighted by Crippen LogP contribution is 2.14. The summed E-state index contributed by atoms with van der Waals surface area (Å²) >= 11 is 0. The zero-order valence-corrected chi connectivity index (χ0v) is 14.5. The molecule has 0 bridgehead atoms. The van der Waals surface area contributed by atoms with Gasteiger partial charge in [0.05, 0.1) is 11.5 Å². The fraction of sp³-hybridized carbons (Fsp3) is 0.533. The maximum atomic E-state index is 12.2. The highest BCUT2D eigenvalue weighted by Gasteiger charge is 2.22. The molecule has 1 aromatic rings. The summed E-state index contributed by atoms with van der Waals surface area (Å²) < 4.78 is 31.8. The second kappa shape index (κ2) is 7.21. The highest BCUT2D eigenvalue weighted by atomic mass is 32.2. The molecule has 0 spiro atoms. The molecule has 0 aliphatic rings. The molecular formula is C15H24N2O4S. The number of ether oxygens (including phenoxy) is 1. The fourth-order valence-corrected chi connectivity index (χ4v) is 3.26. The van der Waals surface area contributed by atoms with E-state index in [0.29, 0.717) is 12.2 Å². The largest absolute Gasteiger partial charge is 0.383 e. The van der Waals surface area contributed by atoms with Gasteiger partial charge in [0.15, 0.2) is 0 Å². The van der Waals surface area contributed by atoms with Crippen LogP contribution in [0, 0.1) is 0 Å². The Kier molecular flexibility index (Phi) is 6.10. The lowest BCUT2D eigenvalue weighted by Gasteiger charge is -2.20. The van der Waals surface area contributed by atoms with Gasteiger partial charge in [-0.05, 0) is 52.0 Å². The number of carbonyl (C=O) groups excluding carboxylic acids is 1. The predicted octanol–water partition coefficient (Wildman–Crippen LogP) is 1.53. The van der Waals surface area contributed by atoms with Gasteiger partial charge in [0, 0.05) is 24.3 Å². The van der Waals surface area contributed by atoms with E-state index in [1.54, 1.807) is 27.9 Å². The molecule has 2 N–H and O–H groups in total. The van der Waals surface area contributed by atoms with E-state index in [0.717, 1.165) is 0 Å². The van der Waals surface area contributed by atoms with Crippen LogP contribution in [0.3, 0.4) is 0 Å². The number of methoxy groups -OCH3 is 1. The molecule has 1 aromatic carbocycles. The van der Waals surface area contributed by atoms with E-state index < -0.39 is 15.6 Å². The van der Waals surface area contributed by atoms with E-state index in [2.05, 4.69) is 10.0 Å². The number of carbonyl (C=O) groups is 1. The van der Waals surface area contributed by atoms with Crippen molar-refractivity contribution in [1.82, 2.24) is 10.0 Å². The van der Waals surface area contributed by atoms with Crippen LogP contribution >= 0.6 is 0 Å². The van der Waals surface area contributed by atoms with Crippen molar-refractivity contribution in [2.24, 2.45) is 0 Å². The van der Waals surface area contributed by atoms with Gasteiger partial charge in [-0.1, -0.05) is 0 Å². The first kappa shape index (κ1) is 18.6. The van der Waals surface area contributed by atoms with Crippen LogP contribution in [0.5, 0.6) is 0 Å². The molecule has 6 nitrogen and oxygen atoms in total. The summed E-state index contributed by atoms with van der Waals surface area (Å²) in [5, 5.41) is 2.76. The molecule has 124 valence electrons. The zero-order chi connectivity index (χ0) is 17.0. The summed E-state index contributed by atoms with van der Waals surface area (Å²) in [7, 11) is -2.03. The standard InChI is InChI=1S/C15H24N2O4S/c1-11(10-21-5)16-14(18)12-6-8-13(9-7-12)22(19,20)17-15(2,3)4/h6-9,11,17H,10H2,1-5H3,(H,16,18)/t11-/m0/s1. The smallest absolute Gasteiger partial charge is 0.251 e. The van der Waals surface area contributed by atoms with Gasteiger partial charge < -0.3 is 10.1 Å². The van der Waals surface area contributed by atoms with Crippen LogP contribution in [0.1, 0.15) is 38.1 Å². The van der Waals surface area contributed by atoms with E-state index in [1.165, 1.54) is 24.3 Å². The van der Waals surface area contributed by atoms with Crippen LogP contribution in [-0.4, -0.2) is 39.6 Å². The van der Waals surface area contributed by atoms with Gasteiger partial charge in [0.25, 0.3) is 5.91 Å². The number of nitrogens with one attached hydrogen (secondary N) is 2. The van der Waals surface area contributed by atoms with Crippen molar-refractivity contribution in [2.45, 2.75) is 44.2 Å². The van der Waals surface area contributed by atoms with Gasteiger partial charge in [0.1, 0.15) is 0 Å². The minimum atomic E-state index is -3.59. The lowest BCUT2D eigenvalue weighted by Crippen LogP contribution is -2.40. The summed E-state index contributed by atoms with van der Waals surface area (Å²) in [6.07, 6.45) is 0. The minimum absolute atomic E-state index is 0.122. The number of rotatable bonds is 6. The average molecular weight is 328 g/mol. The first-order chi connectivity index (χ1) is 10.0. The second-order valence-corrected chi connectivity index (χ2v) is 7.89. The third-order valence-electron chi connectivity index (χ3n) is 2.66. The lowest BCUT2D eigenvalue weighted by atomic mass is 10.1. The molecule has 0 aliphatic carbocycles. The normalized spacial score (nSPS) is 13.7. The van der Waals surface area contributed by atoms with Crippen LogP contribution in [0.25, 0.3) is 0 Å². The van der Waals surface area contributed by atoms with Crippen molar-refractivity contribution >= 4 is 15.9 Å². The Labute approximate surface area is 132 Å². The van der Waals surface area contributed by atoms with E-state index in [4.69, 9.17) is 4.74 Å². The quantitative estimate of drug-likeness (QED) is 0.829. The molecule has 0 fully saturated rings. The third-order valence-corrected chi connectivity index (χ3v) is 4.44. The zero-order valence-electron chi connectivity index (χ0n) is 13.6. The number of sulfonamides is 1. The van der Waals surface area contributed by atoms with Crippen LogP contribution in [0.15, 0.2) is 29.2 Å². The van der Waals surface area contributed by atoms with Gasteiger partial charge in [-0.3, -0.25) is 4.79 Å². The molecule has 7 heteroatoms. The van der Waals surface area contributed by atoms with E-state index >= 15 is 0 Å². The Balaban J connectivity index is 2.85. The van der Waals surface area contributed by atoms with Crippen molar-refractivity contribution < 1.29 is 17.9 Å². The monoisotopic (exact) mass is 328 g/mol. The second-order valence-electron chi connectivity index (χ2n) is 6.21. The van der Waals surface area contributed by atoms with Crippen LogP contribution in [-0.2, 0) is 14.8 Å². The summed E-state index contributed by atoms with van der Waals surface area (Å²) in [6.45, 7) is 7.54. The first-order valence-corrected chi connectivity index (χ1v) is 8.47. The van der Waals surface area contributed by atoms with Crippen molar-refractivity contribution in [3.63, 3.8) is 0 Å². The van der Waals surface area contributed by atoms with Crippen molar-refractivity contribution in [2.75, 3.05) is 13.7 Å². The Morgan fingerprint density at radius 2 is 1.77 bits per heavy atom. The van der Waals surface area contributed by atoms with Gasteiger partial charge in [-0.15, -0.1) is 0 Å². The van der Waals surface area contributed by atoms with Gasteiger partial charge in [-0.25, -0.2) is 13.1 Å². The highest BCUT2D eigenvalue weighted by molar-refractivity contribution is 7.89. The minimum Gasteiger partial charge on any atom is -0.383 e. The van der Waals surface area contributed by atoms with E-state index in [1.807, 2.05) is 6.92 Å².